The van der Waals surface area contributed by atoms with Gasteiger partial charge in [0, 0.05) is 25.2 Å². The second kappa shape index (κ2) is 8.01. The zero-order valence-corrected chi connectivity index (χ0v) is 19.3. The summed E-state index contributed by atoms with van der Waals surface area (Å²) in [7, 11) is 0. The number of ether oxygens (including phenoxy) is 2. The van der Waals surface area contributed by atoms with Gasteiger partial charge in [-0.2, -0.15) is 0 Å². The number of aliphatic hydroxyl groups is 3. The molecular weight excluding hydrogens is 400 g/mol. The van der Waals surface area contributed by atoms with Gasteiger partial charge in [0.05, 0.1) is 12.2 Å². The predicted molar refractivity (Wildman–Crippen MR) is 114 cm³/mol. The molecule has 0 radical (unpaired) electrons. The lowest BCUT2D eigenvalue weighted by Crippen LogP contribution is -2.62. The van der Waals surface area contributed by atoms with E-state index in [1.54, 1.807) is 0 Å². The lowest BCUT2D eigenvalue weighted by Gasteiger charge is -2.59. The van der Waals surface area contributed by atoms with E-state index in [1.165, 1.54) is 13.8 Å². The summed E-state index contributed by atoms with van der Waals surface area (Å²) >= 11 is 0. The fourth-order valence-corrected chi connectivity index (χ4v) is 6.48. The molecule has 7 heteroatoms. The van der Waals surface area contributed by atoms with Crippen molar-refractivity contribution in [3.05, 3.63) is 23.3 Å². The van der Waals surface area contributed by atoms with Crippen LogP contribution in [0.4, 0.5) is 0 Å². The lowest BCUT2D eigenvalue weighted by atomic mass is 9.49. The van der Waals surface area contributed by atoms with Gasteiger partial charge in [0.15, 0.2) is 6.10 Å². The first-order valence-corrected chi connectivity index (χ1v) is 11.0. The Hall–Kier alpha value is -1.70. The number of hydrogen-bond donors (Lipinski definition) is 3. The van der Waals surface area contributed by atoms with E-state index in [0.717, 1.165) is 5.57 Å². The van der Waals surface area contributed by atoms with Crippen LogP contribution in [-0.4, -0.2) is 57.8 Å². The van der Waals surface area contributed by atoms with Crippen molar-refractivity contribution in [3.8, 4) is 0 Å². The molecule has 0 aromatic heterocycles. The summed E-state index contributed by atoms with van der Waals surface area (Å²) in [5, 5.41) is 33.9. The maximum Gasteiger partial charge on any atom is 0.303 e. The summed E-state index contributed by atoms with van der Waals surface area (Å²) in [4.78, 5) is 23.9. The van der Waals surface area contributed by atoms with Crippen LogP contribution in [0.1, 0.15) is 60.8 Å². The van der Waals surface area contributed by atoms with E-state index in [-0.39, 0.29) is 5.92 Å². The molecule has 3 rings (SSSR count). The minimum Gasteiger partial charge on any atom is -0.458 e. The average molecular weight is 437 g/mol. The Morgan fingerprint density at radius 2 is 1.65 bits per heavy atom. The van der Waals surface area contributed by atoms with Crippen molar-refractivity contribution in [2.45, 2.75) is 91.3 Å². The lowest BCUT2D eigenvalue weighted by molar-refractivity contribution is -0.180. The molecule has 0 saturated heterocycles. The molecule has 31 heavy (non-hydrogen) atoms. The smallest absolute Gasteiger partial charge is 0.303 e. The standard InChI is InChI=1S/C24H36O7/c1-11-16(27)8-9-24(7)18(11)20(28)15-10-17(30-13(3)25)12(2)19(23(15,5)6)21(22(24)29)31-14(4)26/h15-18,20-22,27-29H,1,8-10H2,2-7H3/t15-,16-,17+,18-,20+,21+,22-,24+/m0/s1. The van der Waals surface area contributed by atoms with Crippen molar-refractivity contribution in [2.24, 2.45) is 22.7 Å². The highest BCUT2D eigenvalue weighted by Crippen LogP contribution is 2.59. The van der Waals surface area contributed by atoms with Crippen molar-refractivity contribution in [3.63, 3.8) is 0 Å². The molecule has 2 fully saturated rings. The van der Waals surface area contributed by atoms with Crippen LogP contribution >= 0.6 is 0 Å². The third kappa shape index (κ3) is 3.74. The second-order valence-electron chi connectivity index (χ2n) is 10.3. The molecule has 2 bridgehead atoms. The van der Waals surface area contributed by atoms with Crippen LogP contribution in [-0.2, 0) is 19.1 Å². The molecule has 3 N–H and O–H groups in total. The van der Waals surface area contributed by atoms with Gasteiger partial charge in [-0.15, -0.1) is 0 Å². The molecule has 3 aliphatic rings. The molecular formula is C24H36O7. The third-order valence-corrected chi connectivity index (χ3v) is 8.09. The number of carbonyl (C=O) groups excluding carboxylic acids is 2. The Bertz CT molecular complexity index is 813. The molecule has 2 saturated carbocycles. The van der Waals surface area contributed by atoms with Gasteiger partial charge in [-0.3, -0.25) is 9.59 Å². The van der Waals surface area contributed by atoms with E-state index in [9.17, 15) is 24.9 Å². The van der Waals surface area contributed by atoms with E-state index in [2.05, 4.69) is 6.58 Å². The van der Waals surface area contributed by atoms with Gasteiger partial charge in [-0.05, 0) is 54.2 Å². The average Bonchev–Trinajstić information content (AvgIpc) is 2.64. The van der Waals surface area contributed by atoms with Gasteiger partial charge >= 0.3 is 11.9 Å². The van der Waals surface area contributed by atoms with Crippen LogP contribution in [0.5, 0.6) is 0 Å². The fourth-order valence-electron chi connectivity index (χ4n) is 6.48. The number of rotatable bonds is 2. The first kappa shape index (κ1) is 24.0. The van der Waals surface area contributed by atoms with Gasteiger partial charge in [0.25, 0.3) is 0 Å². The first-order chi connectivity index (χ1) is 14.2. The molecule has 0 aliphatic heterocycles. The van der Waals surface area contributed by atoms with E-state index in [0.29, 0.717) is 30.4 Å². The Labute approximate surface area is 184 Å². The molecule has 0 amide bonds. The van der Waals surface area contributed by atoms with Gasteiger partial charge in [0.2, 0.25) is 0 Å². The third-order valence-electron chi connectivity index (χ3n) is 8.09. The summed E-state index contributed by atoms with van der Waals surface area (Å²) in [5.41, 5.74) is 0.394. The normalized spacial score (nSPS) is 42.2. The number of esters is 2. The van der Waals surface area contributed by atoms with Crippen LogP contribution < -0.4 is 0 Å². The number of hydrogen-bond acceptors (Lipinski definition) is 7. The van der Waals surface area contributed by atoms with Gasteiger partial charge < -0.3 is 24.8 Å². The minimum absolute atomic E-state index is 0.368. The SMILES string of the molecule is C=C1[C@@H](O)CC[C@@]2(C)[C@@H](O)[C@H](OC(C)=O)C3=C(C)[C@H](OC(C)=O)C[C@@H]([C@@H](O)[C@H]12)C3(C)C. The summed E-state index contributed by atoms with van der Waals surface area (Å²) < 4.78 is 11.3. The zero-order chi connectivity index (χ0) is 23.5. The molecule has 0 spiro atoms. The molecule has 0 aromatic carbocycles. The topological polar surface area (TPSA) is 113 Å². The molecule has 7 nitrogen and oxygen atoms in total. The Balaban J connectivity index is 2.28. The molecule has 0 unspecified atom stereocenters. The summed E-state index contributed by atoms with van der Waals surface area (Å²) in [6.45, 7) is 14.3. The molecule has 0 heterocycles. The number of fused-ring (bicyclic) bond motifs is 3. The maximum atomic E-state index is 12.1. The highest BCUT2D eigenvalue weighted by molar-refractivity contribution is 5.67. The molecule has 3 aliphatic carbocycles. The van der Waals surface area contributed by atoms with Crippen molar-refractivity contribution < 1.29 is 34.4 Å². The monoisotopic (exact) mass is 436 g/mol. The Kier molecular flexibility index (Phi) is 6.19. The highest BCUT2D eigenvalue weighted by atomic mass is 16.6. The van der Waals surface area contributed by atoms with E-state index in [1.807, 2.05) is 27.7 Å². The fraction of sp³-hybridized carbons (Fsp3) is 0.750. The number of aliphatic hydroxyl groups excluding tert-OH is 3. The van der Waals surface area contributed by atoms with Crippen LogP contribution in [0.15, 0.2) is 23.3 Å². The summed E-state index contributed by atoms with van der Waals surface area (Å²) in [5.74, 6) is -1.94. The van der Waals surface area contributed by atoms with Crippen LogP contribution in [0.25, 0.3) is 0 Å². The van der Waals surface area contributed by atoms with Gasteiger partial charge in [0.1, 0.15) is 12.2 Å². The summed E-state index contributed by atoms with van der Waals surface area (Å²) in [6, 6.07) is 0. The van der Waals surface area contributed by atoms with Crippen molar-refractivity contribution in [1.82, 2.24) is 0 Å². The molecule has 0 aromatic rings. The van der Waals surface area contributed by atoms with E-state index >= 15 is 0 Å². The van der Waals surface area contributed by atoms with E-state index in [4.69, 9.17) is 9.47 Å². The quantitative estimate of drug-likeness (QED) is 0.450. The van der Waals surface area contributed by atoms with Crippen molar-refractivity contribution in [2.75, 3.05) is 0 Å². The van der Waals surface area contributed by atoms with Crippen LogP contribution in [0.3, 0.4) is 0 Å². The Morgan fingerprint density at radius 3 is 2.19 bits per heavy atom. The van der Waals surface area contributed by atoms with Gasteiger partial charge in [-0.1, -0.05) is 27.4 Å². The minimum atomic E-state index is -1.14. The molecule has 174 valence electrons. The second-order valence-corrected chi connectivity index (χ2v) is 10.3. The first-order valence-electron chi connectivity index (χ1n) is 11.0. The largest absolute Gasteiger partial charge is 0.458 e. The summed E-state index contributed by atoms with van der Waals surface area (Å²) in [6.07, 6.45) is -3.17. The van der Waals surface area contributed by atoms with Gasteiger partial charge in [-0.25, -0.2) is 0 Å². The van der Waals surface area contributed by atoms with Crippen molar-refractivity contribution >= 4 is 11.9 Å². The van der Waals surface area contributed by atoms with E-state index < -0.39 is 59.2 Å². The number of carbonyl (C=O) groups is 2. The maximum absolute atomic E-state index is 12.1. The van der Waals surface area contributed by atoms with Crippen LogP contribution in [0, 0.1) is 22.7 Å². The van der Waals surface area contributed by atoms with Crippen molar-refractivity contribution in [1.29, 1.82) is 0 Å². The highest BCUT2D eigenvalue weighted by Gasteiger charge is 2.61. The Morgan fingerprint density at radius 1 is 1.06 bits per heavy atom. The predicted octanol–water partition coefficient (Wildman–Crippen LogP) is 2.28. The molecule has 8 atom stereocenters. The zero-order valence-electron chi connectivity index (χ0n) is 19.3. The van der Waals surface area contributed by atoms with Crippen LogP contribution in [0.2, 0.25) is 0 Å².